The fourth-order valence-corrected chi connectivity index (χ4v) is 1.82. The smallest absolute Gasteiger partial charge is 0.276 e. The van der Waals surface area contributed by atoms with E-state index in [1.54, 1.807) is 24.9 Å². The molecule has 2 heterocycles. The molecule has 0 saturated heterocycles. The second-order valence-corrected chi connectivity index (χ2v) is 4.21. The van der Waals surface area contributed by atoms with Crippen LogP contribution in [0.2, 0.25) is 0 Å². The number of hydrogen-bond donors (Lipinski definition) is 1. The van der Waals surface area contributed by atoms with Gasteiger partial charge in [-0.1, -0.05) is 12.1 Å². The van der Waals surface area contributed by atoms with Crippen LogP contribution in [-0.2, 0) is 13.5 Å². The van der Waals surface area contributed by atoms with E-state index < -0.39 is 0 Å². The van der Waals surface area contributed by atoms with Gasteiger partial charge in [0.15, 0.2) is 11.5 Å². The monoisotopic (exact) mass is 248 g/mol. The van der Waals surface area contributed by atoms with Crippen LogP contribution < -0.4 is 5.32 Å². The van der Waals surface area contributed by atoms with Crippen molar-refractivity contribution in [3.8, 4) is 0 Å². The maximum absolute atomic E-state index is 12.1. The van der Waals surface area contributed by atoms with Gasteiger partial charge in [-0.3, -0.25) is 9.48 Å². The Labute approximate surface area is 105 Å². The number of nitrogens with one attached hydrogen (secondary N) is 1. The quantitative estimate of drug-likeness (QED) is 0.899. The van der Waals surface area contributed by atoms with Gasteiger partial charge in [-0.15, -0.1) is 0 Å². The molecule has 6 nitrogen and oxygen atoms in total. The fourth-order valence-electron chi connectivity index (χ4n) is 1.82. The molecule has 0 saturated carbocycles. The van der Waals surface area contributed by atoms with Crippen LogP contribution in [0.1, 0.15) is 34.4 Å². The SMILES string of the molecule is CCc1onc(C)c1NC(=O)c1nn(C)cc1C. The third kappa shape index (κ3) is 2.13. The maximum atomic E-state index is 12.1. The van der Waals surface area contributed by atoms with Crippen molar-refractivity contribution in [2.45, 2.75) is 27.2 Å². The lowest BCUT2D eigenvalue weighted by Gasteiger charge is -2.03. The molecule has 0 spiro atoms. The number of carbonyl (C=O) groups is 1. The van der Waals surface area contributed by atoms with Crippen LogP contribution in [0.5, 0.6) is 0 Å². The van der Waals surface area contributed by atoms with E-state index in [1.807, 2.05) is 13.8 Å². The van der Waals surface area contributed by atoms with E-state index in [4.69, 9.17) is 4.52 Å². The number of amides is 1. The number of hydrogen-bond acceptors (Lipinski definition) is 4. The van der Waals surface area contributed by atoms with Gasteiger partial charge in [-0.25, -0.2) is 0 Å². The second-order valence-electron chi connectivity index (χ2n) is 4.21. The van der Waals surface area contributed by atoms with Gasteiger partial charge in [0.2, 0.25) is 0 Å². The Bertz CT molecular complexity index is 583. The molecule has 0 aliphatic rings. The number of carbonyl (C=O) groups excluding carboxylic acids is 1. The number of aryl methyl sites for hydroxylation is 4. The van der Waals surface area contributed by atoms with Crippen molar-refractivity contribution in [1.29, 1.82) is 0 Å². The molecule has 0 fully saturated rings. The van der Waals surface area contributed by atoms with Crippen LogP contribution in [0.15, 0.2) is 10.7 Å². The summed E-state index contributed by atoms with van der Waals surface area (Å²) in [7, 11) is 1.78. The molecule has 2 aromatic heterocycles. The topological polar surface area (TPSA) is 73.0 Å². The predicted octanol–water partition coefficient (Wildman–Crippen LogP) is 1.84. The van der Waals surface area contributed by atoms with Crippen molar-refractivity contribution in [3.63, 3.8) is 0 Å². The summed E-state index contributed by atoms with van der Waals surface area (Å²) in [5.41, 5.74) is 2.57. The minimum Gasteiger partial charge on any atom is -0.359 e. The van der Waals surface area contributed by atoms with Crippen molar-refractivity contribution in [3.05, 3.63) is 28.9 Å². The lowest BCUT2D eigenvalue weighted by Crippen LogP contribution is -2.15. The molecule has 0 atom stereocenters. The van der Waals surface area contributed by atoms with Crippen LogP contribution in [-0.4, -0.2) is 20.8 Å². The second kappa shape index (κ2) is 4.64. The first-order valence-electron chi connectivity index (χ1n) is 5.79. The van der Waals surface area contributed by atoms with E-state index >= 15 is 0 Å². The Morgan fingerprint density at radius 3 is 2.78 bits per heavy atom. The highest BCUT2D eigenvalue weighted by molar-refractivity contribution is 6.04. The van der Waals surface area contributed by atoms with Crippen molar-refractivity contribution < 1.29 is 9.32 Å². The van der Waals surface area contributed by atoms with Gasteiger partial charge < -0.3 is 9.84 Å². The van der Waals surface area contributed by atoms with E-state index in [9.17, 15) is 4.79 Å². The Kier molecular flexibility index (Phi) is 3.18. The average Bonchev–Trinajstić information content (AvgIpc) is 2.83. The Balaban J connectivity index is 2.26. The molecule has 96 valence electrons. The molecule has 6 heteroatoms. The van der Waals surface area contributed by atoms with Crippen LogP contribution in [0.4, 0.5) is 5.69 Å². The Morgan fingerprint density at radius 2 is 2.22 bits per heavy atom. The molecule has 0 unspecified atom stereocenters. The highest BCUT2D eigenvalue weighted by Gasteiger charge is 2.18. The van der Waals surface area contributed by atoms with Crippen molar-refractivity contribution in [2.75, 3.05) is 5.32 Å². The predicted molar refractivity (Wildman–Crippen MR) is 66.5 cm³/mol. The molecule has 0 aromatic carbocycles. The molecule has 0 aliphatic heterocycles. The van der Waals surface area contributed by atoms with E-state index in [-0.39, 0.29) is 5.91 Å². The van der Waals surface area contributed by atoms with Gasteiger partial charge in [0.1, 0.15) is 11.4 Å². The highest BCUT2D eigenvalue weighted by atomic mass is 16.5. The number of nitrogens with zero attached hydrogens (tertiary/aromatic N) is 3. The summed E-state index contributed by atoms with van der Waals surface area (Å²) in [6, 6.07) is 0. The summed E-state index contributed by atoms with van der Waals surface area (Å²) in [6.45, 7) is 5.59. The van der Waals surface area contributed by atoms with Crippen LogP contribution in [0, 0.1) is 13.8 Å². The zero-order valence-electron chi connectivity index (χ0n) is 10.9. The van der Waals surface area contributed by atoms with E-state index in [2.05, 4.69) is 15.6 Å². The molecule has 0 bridgehead atoms. The normalized spacial score (nSPS) is 10.7. The van der Waals surface area contributed by atoms with Crippen molar-refractivity contribution in [1.82, 2.24) is 14.9 Å². The van der Waals surface area contributed by atoms with Gasteiger partial charge in [0, 0.05) is 25.2 Å². The third-order valence-electron chi connectivity index (χ3n) is 2.72. The zero-order chi connectivity index (χ0) is 13.3. The molecule has 2 aromatic rings. The van der Waals surface area contributed by atoms with Crippen LogP contribution in [0.25, 0.3) is 0 Å². The first-order valence-corrected chi connectivity index (χ1v) is 5.79. The largest absolute Gasteiger partial charge is 0.359 e. The first-order chi connectivity index (χ1) is 8.52. The molecule has 2 rings (SSSR count). The molecule has 1 amide bonds. The zero-order valence-corrected chi connectivity index (χ0v) is 10.9. The van der Waals surface area contributed by atoms with E-state index in [1.165, 1.54) is 0 Å². The number of rotatable bonds is 3. The minimum absolute atomic E-state index is 0.242. The van der Waals surface area contributed by atoms with Gasteiger partial charge in [0.25, 0.3) is 5.91 Å². The minimum atomic E-state index is -0.242. The van der Waals surface area contributed by atoms with Gasteiger partial charge in [-0.2, -0.15) is 5.10 Å². The lowest BCUT2D eigenvalue weighted by atomic mass is 10.2. The standard InChI is InChI=1S/C12H16N4O2/c1-5-9-11(8(3)15-18-9)13-12(17)10-7(2)6-16(4)14-10/h6H,5H2,1-4H3,(H,13,17). The Hall–Kier alpha value is -2.11. The molecular weight excluding hydrogens is 232 g/mol. The summed E-state index contributed by atoms with van der Waals surface area (Å²) < 4.78 is 6.74. The fraction of sp³-hybridized carbons (Fsp3) is 0.417. The maximum Gasteiger partial charge on any atom is 0.276 e. The molecule has 0 aliphatic carbocycles. The third-order valence-corrected chi connectivity index (χ3v) is 2.72. The van der Waals surface area contributed by atoms with E-state index in [0.717, 1.165) is 5.56 Å². The lowest BCUT2D eigenvalue weighted by molar-refractivity contribution is 0.102. The van der Waals surface area contributed by atoms with Crippen molar-refractivity contribution in [2.24, 2.45) is 7.05 Å². The van der Waals surface area contributed by atoms with Gasteiger partial charge in [-0.05, 0) is 13.8 Å². The number of anilines is 1. The van der Waals surface area contributed by atoms with Crippen LogP contribution >= 0.6 is 0 Å². The summed E-state index contributed by atoms with van der Waals surface area (Å²) in [5, 5.41) is 10.8. The molecule has 1 N–H and O–H groups in total. The van der Waals surface area contributed by atoms with E-state index in [0.29, 0.717) is 29.3 Å². The molecule has 0 radical (unpaired) electrons. The van der Waals surface area contributed by atoms with Gasteiger partial charge in [0.05, 0.1) is 0 Å². The molecular formula is C12H16N4O2. The van der Waals surface area contributed by atoms with Crippen LogP contribution in [0.3, 0.4) is 0 Å². The summed E-state index contributed by atoms with van der Waals surface area (Å²) in [4.78, 5) is 12.1. The highest BCUT2D eigenvalue weighted by Crippen LogP contribution is 2.21. The first kappa shape index (κ1) is 12.3. The summed E-state index contributed by atoms with van der Waals surface area (Å²) in [6.07, 6.45) is 2.48. The number of aromatic nitrogens is 3. The van der Waals surface area contributed by atoms with Gasteiger partial charge >= 0.3 is 0 Å². The average molecular weight is 248 g/mol. The summed E-state index contributed by atoms with van der Waals surface area (Å²) in [5.74, 6) is 0.434. The summed E-state index contributed by atoms with van der Waals surface area (Å²) >= 11 is 0. The Morgan fingerprint density at radius 1 is 1.50 bits per heavy atom. The molecule has 18 heavy (non-hydrogen) atoms. The van der Waals surface area contributed by atoms with Crippen molar-refractivity contribution >= 4 is 11.6 Å².